The number of halogens is 3. The molecule has 0 unspecified atom stereocenters. The molecule has 0 atom stereocenters. The molecule has 0 amide bonds. The summed E-state index contributed by atoms with van der Waals surface area (Å²) in [5.74, 6) is 0. The van der Waals surface area contributed by atoms with Crippen molar-refractivity contribution in [3.05, 3.63) is 62.0 Å². The number of benzene rings is 2. The van der Waals surface area contributed by atoms with Crippen LogP contribution < -0.4 is 5.32 Å². The van der Waals surface area contributed by atoms with E-state index < -0.39 is 0 Å². The molecule has 2 aromatic carbocycles. The molecule has 88 valence electrons. The average Bonchev–Trinajstić information content (AvgIpc) is 2.32. The number of nitrogens with one attached hydrogen (secondary N) is 1. The fourth-order valence-electron chi connectivity index (χ4n) is 1.44. The Morgan fingerprint density at radius 3 is 2.29 bits per heavy atom. The van der Waals surface area contributed by atoms with Gasteiger partial charge in [-0.3, -0.25) is 0 Å². The number of hydrogen-bond donors (Lipinski definition) is 1. The van der Waals surface area contributed by atoms with E-state index in [9.17, 15) is 0 Å². The van der Waals surface area contributed by atoms with Gasteiger partial charge in [0.25, 0.3) is 0 Å². The molecule has 0 aliphatic rings. The number of anilines is 1. The lowest BCUT2D eigenvalue weighted by Gasteiger charge is -2.08. The number of rotatable bonds is 3. The van der Waals surface area contributed by atoms with E-state index >= 15 is 0 Å². The van der Waals surface area contributed by atoms with Gasteiger partial charge >= 0.3 is 0 Å². The van der Waals surface area contributed by atoms with Gasteiger partial charge in [0, 0.05) is 26.2 Å². The Balaban J connectivity index is 2.07. The van der Waals surface area contributed by atoms with E-state index in [0.717, 1.165) is 25.2 Å². The molecule has 1 nitrogen and oxygen atoms in total. The average molecular weight is 375 g/mol. The highest BCUT2D eigenvalue weighted by molar-refractivity contribution is 9.10. The molecule has 0 bridgehead atoms. The van der Waals surface area contributed by atoms with E-state index in [4.69, 9.17) is 11.6 Å². The third-order valence-corrected chi connectivity index (χ3v) is 3.73. The molecule has 0 radical (unpaired) electrons. The Bertz CT molecular complexity index is 511. The summed E-state index contributed by atoms with van der Waals surface area (Å²) in [7, 11) is 0. The SMILES string of the molecule is Clc1ccc(Br)cc1CNc1ccc(Br)cc1. The minimum Gasteiger partial charge on any atom is -0.381 e. The van der Waals surface area contributed by atoms with Crippen molar-refractivity contribution < 1.29 is 0 Å². The van der Waals surface area contributed by atoms with Crippen molar-refractivity contribution >= 4 is 49.1 Å². The summed E-state index contributed by atoms with van der Waals surface area (Å²) in [6.45, 7) is 0.708. The van der Waals surface area contributed by atoms with Crippen LogP contribution in [0.5, 0.6) is 0 Å². The van der Waals surface area contributed by atoms with Crippen molar-refractivity contribution in [1.82, 2.24) is 0 Å². The van der Waals surface area contributed by atoms with Crippen LogP contribution in [0, 0.1) is 0 Å². The van der Waals surface area contributed by atoms with E-state index in [1.165, 1.54) is 0 Å². The first-order valence-corrected chi connectivity index (χ1v) is 7.05. The van der Waals surface area contributed by atoms with Crippen LogP contribution in [0.4, 0.5) is 5.69 Å². The van der Waals surface area contributed by atoms with Gasteiger partial charge in [0.15, 0.2) is 0 Å². The van der Waals surface area contributed by atoms with Gasteiger partial charge in [0.1, 0.15) is 0 Å². The van der Waals surface area contributed by atoms with Crippen molar-refractivity contribution in [3.63, 3.8) is 0 Å². The molecule has 1 N–H and O–H groups in total. The van der Waals surface area contributed by atoms with E-state index in [0.29, 0.717) is 6.54 Å². The molecule has 0 aliphatic heterocycles. The lowest BCUT2D eigenvalue weighted by atomic mass is 10.2. The van der Waals surface area contributed by atoms with E-state index in [-0.39, 0.29) is 0 Å². The van der Waals surface area contributed by atoms with Gasteiger partial charge in [0.2, 0.25) is 0 Å². The summed E-state index contributed by atoms with van der Waals surface area (Å²) >= 11 is 13.0. The summed E-state index contributed by atoms with van der Waals surface area (Å²) < 4.78 is 2.11. The molecule has 0 aliphatic carbocycles. The highest BCUT2D eigenvalue weighted by Crippen LogP contribution is 2.22. The number of hydrogen-bond acceptors (Lipinski definition) is 1. The van der Waals surface area contributed by atoms with Crippen LogP contribution in [0.1, 0.15) is 5.56 Å². The highest BCUT2D eigenvalue weighted by Gasteiger charge is 2.01. The maximum atomic E-state index is 6.12. The molecular weight excluding hydrogens is 365 g/mol. The Hall–Kier alpha value is -0.510. The smallest absolute Gasteiger partial charge is 0.0456 e. The predicted octanol–water partition coefficient (Wildman–Crippen LogP) is 5.48. The van der Waals surface area contributed by atoms with Gasteiger partial charge in [0.05, 0.1) is 0 Å². The quantitative estimate of drug-likeness (QED) is 0.749. The third kappa shape index (κ3) is 3.73. The third-order valence-electron chi connectivity index (χ3n) is 2.33. The first kappa shape index (κ1) is 12.9. The summed E-state index contributed by atoms with van der Waals surface area (Å²) in [5, 5.41) is 4.11. The van der Waals surface area contributed by atoms with Gasteiger partial charge in [-0.05, 0) is 48.0 Å². The standard InChI is InChI=1S/C13H10Br2ClN/c14-10-1-4-12(5-2-10)17-8-9-7-11(15)3-6-13(9)16/h1-7,17H,8H2. The van der Waals surface area contributed by atoms with Crippen LogP contribution in [0.3, 0.4) is 0 Å². The minimum atomic E-state index is 0.708. The van der Waals surface area contributed by atoms with Crippen LogP contribution in [-0.2, 0) is 6.54 Å². The molecule has 0 heterocycles. The summed E-state index contributed by atoms with van der Waals surface area (Å²) in [5.41, 5.74) is 2.15. The second-order valence-electron chi connectivity index (χ2n) is 3.60. The molecule has 2 rings (SSSR count). The van der Waals surface area contributed by atoms with Gasteiger partial charge in [-0.1, -0.05) is 43.5 Å². The van der Waals surface area contributed by atoms with Crippen molar-refractivity contribution in [1.29, 1.82) is 0 Å². The fourth-order valence-corrected chi connectivity index (χ4v) is 2.30. The first-order valence-electron chi connectivity index (χ1n) is 5.08. The monoisotopic (exact) mass is 373 g/mol. The van der Waals surface area contributed by atoms with Crippen molar-refractivity contribution in [3.8, 4) is 0 Å². The molecule has 2 aromatic rings. The zero-order chi connectivity index (χ0) is 12.3. The van der Waals surface area contributed by atoms with Crippen LogP contribution in [0.15, 0.2) is 51.4 Å². The first-order chi connectivity index (χ1) is 8.15. The normalized spacial score (nSPS) is 10.3. The summed E-state index contributed by atoms with van der Waals surface area (Å²) in [6.07, 6.45) is 0. The molecule has 0 saturated carbocycles. The van der Waals surface area contributed by atoms with E-state index in [1.54, 1.807) is 0 Å². The minimum absolute atomic E-state index is 0.708. The van der Waals surface area contributed by atoms with Crippen LogP contribution in [0.25, 0.3) is 0 Å². The van der Waals surface area contributed by atoms with Crippen LogP contribution in [-0.4, -0.2) is 0 Å². The van der Waals surface area contributed by atoms with E-state index in [2.05, 4.69) is 37.2 Å². The molecule has 0 spiro atoms. The van der Waals surface area contributed by atoms with Crippen molar-refractivity contribution in [2.75, 3.05) is 5.32 Å². The molecule has 0 saturated heterocycles. The molecule has 4 heteroatoms. The zero-order valence-electron chi connectivity index (χ0n) is 8.88. The van der Waals surface area contributed by atoms with Gasteiger partial charge in [-0.25, -0.2) is 0 Å². The van der Waals surface area contributed by atoms with Crippen molar-refractivity contribution in [2.24, 2.45) is 0 Å². The van der Waals surface area contributed by atoms with E-state index in [1.807, 2.05) is 42.5 Å². The molecule has 0 fully saturated rings. The van der Waals surface area contributed by atoms with Crippen LogP contribution in [0.2, 0.25) is 5.02 Å². The molecular formula is C13H10Br2ClN. The molecule has 17 heavy (non-hydrogen) atoms. The predicted molar refractivity (Wildman–Crippen MR) is 80.6 cm³/mol. The maximum absolute atomic E-state index is 6.12. The second kappa shape index (κ2) is 5.89. The summed E-state index contributed by atoms with van der Waals surface area (Å²) in [6, 6.07) is 13.9. The lowest BCUT2D eigenvalue weighted by Crippen LogP contribution is -1.99. The second-order valence-corrected chi connectivity index (χ2v) is 5.83. The Morgan fingerprint density at radius 1 is 0.941 bits per heavy atom. The van der Waals surface area contributed by atoms with Gasteiger partial charge in [-0.15, -0.1) is 0 Å². The van der Waals surface area contributed by atoms with Gasteiger partial charge < -0.3 is 5.32 Å². The zero-order valence-corrected chi connectivity index (χ0v) is 12.8. The largest absolute Gasteiger partial charge is 0.381 e. The Morgan fingerprint density at radius 2 is 1.59 bits per heavy atom. The van der Waals surface area contributed by atoms with Gasteiger partial charge in [-0.2, -0.15) is 0 Å². The summed E-state index contributed by atoms with van der Waals surface area (Å²) in [4.78, 5) is 0. The Labute approximate surface area is 122 Å². The highest BCUT2D eigenvalue weighted by atomic mass is 79.9. The maximum Gasteiger partial charge on any atom is 0.0456 e. The topological polar surface area (TPSA) is 12.0 Å². The fraction of sp³-hybridized carbons (Fsp3) is 0.0769. The molecule has 0 aromatic heterocycles. The Kier molecular flexibility index (Phi) is 4.48. The lowest BCUT2D eigenvalue weighted by molar-refractivity contribution is 1.15. The van der Waals surface area contributed by atoms with Crippen molar-refractivity contribution in [2.45, 2.75) is 6.54 Å². The van der Waals surface area contributed by atoms with Crippen LogP contribution >= 0.6 is 43.5 Å².